The predicted molar refractivity (Wildman–Crippen MR) is 63.5 cm³/mol. The van der Waals surface area contributed by atoms with E-state index in [0.717, 1.165) is 6.61 Å². The maximum atomic E-state index is 5.51. The van der Waals surface area contributed by atoms with Gasteiger partial charge in [-0.25, -0.2) is 0 Å². The van der Waals surface area contributed by atoms with E-state index in [1.807, 2.05) is 0 Å². The molecule has 0 aliphatic carbocycles. The van der Waals surface area contributed by atoms with Gasteiger partial charge in [0.2, 0.25) is 0 Å². The van der Waals surface area contributed by atoms with E-state index < -0.39 is 0 Å². The van der Waals surface area contributed by atoms with Crippen LogP contribution in [-0.2, 0) is 4.74 Å². The van der Waals surface area contributed by atoms with Crippen LogP contribution < -0.4 is 0 Å². The second-order valence-corrected chi connectivity index (χ2v) is 4.09. The highest BCUT2D eigenvalue weighted by Crippen LogP contribution is 2.05. The molecule has 0 aromatic carbocycles. The molecule has 0 N–H and O–H groups in total. The van der Waals surface area contributed by atoms with Gasteiger partial charge in [-0.05, 0) is 39.7 Å². The lowest BCUT2D eigenvalue weighted by atomic mass is 10.1. The van der Waals surface area contributed by atoms with Crippen molar-refractivity contribution in [2.45, 2.75) is 53.6 Å². The first kappa shape index (κ1) is 13.4. The van der Waals surface area contributed by atoms with Crippen LogP contribution in [0.3, 0.4) is 0 Å². The second kappa shape index (κ2) is 7.81. The van der Waals surface area contributed by atoms with Crippen LogP contribution in [0.2, 0.25) is 0 Å². The molecule has 0 saturated heterocycles. The van der Waals surface area contributed by atoms with Gasteiger partial charge in [-0.15, -0.1) is 0 Å². The summed E-state index contributed by atoms with van der Waals surface area (Å²) in [5, 5.41) is 0. The molecule has 0 atom stereocenters. The van der Waals surface area contributed by atoms with Gasteiger partial charge in [0.1, 0.15) is 0 Å². The van der Waals surface area contributed by atoms with Crippen LogP contribution in [0.15, 0.2) is 23.3 Å². The Morgan fingerprint density at radius 3 is 2.43 bits per heavy atom. The van der Waals surface area contributed by atoms with Gasteiger partial charge in [-0.2, -0.15) is 0 Å². The lowest BCUT2D eigenvalue weighted by Crippen LogP contribution is -2.04. The zero-order valence-electron chi connectivity index (χ0n) is 10.3. The molecule has 0 spiro atoms. The van der Waals surface area contributed by atoms with E-state index in [9.17, 15) is 0 Å². The third-order valence-corrected chi connectivity index (χ3v) is 1.87. The summed E-state index contributed by atoms with van der Waals surface area (Å²) in [5.41, 5.74) is 2.64. The van der Waals surface area contributed by atoms with Gasteiger partial charge in [0, 0.05) is 0 Å². The van der Waals surface area contributed by atoms with Gasteiger partial charge in [0.05, 0.1) is 12.7 Å². The maximum Gasteiger partial charge on any atom is 0.0680 e. The minimum absolute atomic E-state index is 0.318. The van der Waals surface area contributed by atoms with Gasteiger partial charge in [-0.3, -0.25) is 0 Å². The zero-order valence-corrected chi connectivity index (χ0v) is 10.3. The van der Waals surface area contributed by atoms with Crippen molar-refractivity contribution in [1.29, 1.82) is 0 Å². The summed E-state index contributed by atoms with van der Waals surface area (Å²) in [5.74, 6) is 0. The van der Waals surface area contributed by atoms with Crippen LogP contribution in [0, 0.1) is 0 Å². The zero-order chi connectivity index (χ0) is 11.0. The van der Waals surface area contributed by atoms with Crippen LogP contribution in [0.25, 0.3) is 0 Å². The van der Waals surface area contributed by atoms with Crippen molar-refractivity contribution in [3.05, 3.63) is 23.3 Å². The molecule has 1 nitrogen and oxygen atoms in total. The van der Waals surface area contributed by atoms with Crippen LogP contribution >= 0.6 is 0 Å². The molecule has 0 aliphatic rings. The van der Waals surface area contributed by atoms with Crippen molar-refractivity contribution in [3.63, 3.8) is 0 Å². The Bertz CT molecular complexity index is 199. The molecule has 0 aromatic rings. The highest BCUT2D eigenvalue weighted by Gasteiger charge is 1.94. The summed E-state index contributed by atoms with van der Waals surface area (Å²) in [4.78, 5) is 0. The molecule has 0 unspecified atom stereocenters. The molecular formula is C13H24O. The Hall–Kier alpha value is -0.560. The monoisotopic (exact) mass is 196 g/mol. The van der Waals surface area contributed by atoms with E-state index in [-0.39, 0.29) is 0 Å². The van der Waals surface area contributed by atoms with Gasteiger partial charge >= 0.3 is 0 Å². The van der Waals surface area contributed by atoms with Crippen LogP contribution in [0.1, 0.15) is 47.5 Å². The van der Waals surface area contributed by atoms with E-state index in [4.69, 9.17) is 4.74 Å². The maximum absolute atomic E-state index is 5.51. The molecule has 0 saturated carbocycles. The number of allylic oxidation sites excluding steroid dienone is 3. The molecule has 0 bridgehead atoms. The van der Waals surface area contributed by atoms with Crippen molar-refractivity contribution in [2.75, 3.05) is 6.61 Å². The number of hydrogen-bond donors (Lipinski definition) is 0. The van der Waals surface area contributed by atoms with Gasteiger partial charge < -0.3 is 4.74 Å². The van der Waals surface area contributed by atoms with Crippen molar-refractivity contribution in [1.82, 2.24) is 0 Å². The highest BCUT2D eigenvalue weighted by atomic mass is 16.5. The normalized spacial score (nSPS) is 13.9. The fraction of sp³-hybridized carbons (Fsp3) is 0.692. The molecule has 0 fully saturated rings. The van der Waals surface area contributed by atoms with Gasteiger partial charge in [-0.1, -0.05) is 31.1 Å². The first-order valence-electron chi connectivity index (χ1n) is 5.51. The molecule has 0 amide bonds. The molecule has 14 heavy (non-hydrogen) atoms. The Morgan fingerprint density at radius 1 is 1.29 bits per heavy atom. The average Bonchev–Trinajstić information content (AvgIpc) is 2.11. The summed E-state index contributed by atoms with van der Waals surface area (Å²) in [7, 11) is 0. The fourth-order valence-corrected chi connectivity index (χ4v) is 1.16. The molecule has 0 rings (SSSR count). The van der Waals surface area contributed by atoms with E-state index in [2.05, 4.69) is 46.8 Å². The highest BCUT2D eigenvalue weighted by molar-refractivity contribution is 5.20. The van der Waals surface area contributed by atoms with Crippen LogP contribution in [0.4, 0.5) is 0 Å². The summed E-state index contributed by atoms with van der Waals surface area (Å²) in [6.07, 6.45) is 7.18. The van der Waals surface area contributed by atoms with Gasteiger partial charge in [0.25, 0.3) is 0 Å². The molecule has 82 valence electrons. The molecule has 0 aliphatic heterocycles. The topological polar surface area (TPSA) is 9.23 Å². The number of unbranched alkanes of at least 4 members (excludes halogenated alkanes) is 1. The van der Waals surface area contributed by atoms with Crippen molar-refractivity contribution in [3.8, 4) is 0 Å². The standard InChI is InChI=1S/C13H24O/c1-6-7-8-12(4)9-13(5)10-14-11(2)3/h8-9,11H,6-7,10H2,1-5H3/b12-8-,13-9-. The van der Waals surface area contributed by atoms with E-state index >= 15 is 0 Å². The largest absolute Gasteiger partial charge is 0.374 e. The minimum atomic E-state index is 0.318. The Kier molecular flexibility index (Phi) is 7.50. The fourth-order valence-electron chi connectivity index (χ4n) is 1.16. The van der Waals surface area contributed by atoms with E-state index in [0.29, 0.717) is 6.10 Å². The molecule has 0 aromatic heterocycles. The first-order chi connectivity index (χ1) is 6.56. The molecule has 0 radical (unpaired) electrons. The first-order valence-corrected chi connectivity index (χ1v) is 5.51. The lowest BCUT2D eigenvalue weighted by Gasteiger charge is -2.07. The summed E-state index contributed by atoms with van der Waals surface area (Å²) < 4.78 is 5.51. The number of ether oxygens (including phenoxy) is 1. The summed E-state index contributed by atoms with van der Waals surface area (Å²) in [6.45, 7) is 11.3. The quantitative estimate of drug-likeness (QED) is 0.581. The second-order valence-electron chi connectivity index (χ2n) is 4.09. The molecular weight excluding hydrogens is 172 g/mol. The van der Waals surface area contributed by atoms with Crippen molar-refractivity contribution >= 4 is 0 Å². The van der Waals surface area contributed by atoms with Crippen LogP contribution in [0.5, 0.6) is 0 Å². The Morgan fingerprint density at radius 2 is 1.93 bits per heavy atom. The van der Waals surface area contributed by atoms with Gasteiger partial charge in [0.15, 0.2) is 0 Å². The molecule has 0 heterocycles. The summed E-state index contributed by atoms with van der Waals surface area (Å²) in [6, 6.07) is 0. The number of hydrogen-bond acceptors (Lipinski definition) is 1. The third kappa shape index (κ3) is 8.06. The summed E-state index contributed by atoms with van der Waals surface area (Å²) >= 11 is 0. The predicted octanol–water partition coefficient (Wildman–Crippen LogP) is 4.10. The average molecular weight is 196 g/mol. The van der Waals surface area contributed by atoms with E-state index in [1.165, 1.54) is 24.0 Å². The Balaban J connectivity index is 3.95. The van der Waals surface area contributed by atoms with Crippen molar-refractivity contribution in [2.24, 2.45) is 0 Å². The smallest absolute Gasteiger partial charge is 0.0680 e. The van der Waals surface area contributed by atoms with Crippen LogP contribution in [-0.4, -0.2) is 12.7 Å². The van der Waals surface area contributed by atoms with E-state index in [1.54, 1.807) is 0 Å². The Labute approximate surface area is 88.9 Å². The van der Waals surface area contributed by atoms with Crippen molar-refractivity contribution < 1.29 is 4.74 Å². The lowest BCUT2D eigenvalue weighted by molar-refractivity contribution is 0.0973. The SMILES string of the molecule is CCC/C=C(C)\C=C(\C)COC(C)C. The minimum Gasteiger partial charge on any atom is -0.374 e. The third-order valence-electron chi connectivity index (χ3n) is 1.87. The number of rotatable bonds is 6. The molecule has 1 heteroatoms.